The molecule has 0 radical (unpaired) electrons. The van der Waals surface area contributed by atoms with Crippen molar-refractivity contribution in [3.05, 3.63) is 64.7 Å². The van der Waals surface area contributed by atoms with Gasteiger partial charge < -0.3 is 4.90 Å². The van der Waals surface area contributed by atoms with Gasteiger partial charge in [0.05, 0.1) is 21.8 Å². The van der Waals surface area contributed by atoms with Gasteiger partial charge in [-0.05, 0) is 43.5 Å². The number of anilines is 1. The van der Waals surface area contributed by atoms with Crippen LogP contribution < -0.4 is 4.90 Å². The largest absolute Gasteiger partial charge is 0.327 e. The zero-order valence-corrected chi connectivity index (χ0v) is 14.8. The summed E-state index contributed by atoms with van der Waals surface area (Å²) in [5.41, 5.74) is 0.932. The van der Waals surface area contributed by atoms with E-state index in [1.807, 2.05) is 0 Å². The minimum absolute atomic E-state index is 0.201. The van der Waals surface area contributed by atoms with Crippen LogP contribution in [-0.4, -0.2) is 35.2 Å². The van der Waals surface area contributed by atoms with Crippen LogP contribution in [0.4, 0.5) is 5.69 Å². The van der Waals surface area contributed by atoms with Gasteiger partial charge in [-0.15, -0.1) is 0 Å². The summed E-state index contributed by atoms with van der Waals surface area (Å²) in [7, 11) is 0. The summed E-state index contributed by atoms with van der Waals surface area (Å²) in [6.07, 6.45) is 2.27. The molecule has 2 aromatic rings. The fraction of sp³-hybridized carbons (Fsp3) is 0.250. The van der Waals surface area contributed by atoms with E-state index in [9.17, 15) is 14.4 Å². The highest BCUT2D eigenvalue weighted by atomic mass is 35.5. The Hall–Kier alpha value is -2.66. The zero-order valence-electron chi connectivity index (χ0n) is 14.0. The van der Waals surface area contributed by atoms with E-state index in [4.69, 9.17) is 11.6 Å². The molecule has 6 heteroatoms. The molecule has 2 aliphatic rings. The zero-order chi connectivity index (χ0) is 18.3. The number of carbonyl (C=O) groups is 3. The summed E-state index contributed by atoms with van der Waals surface area (Å²) in [6.45, 7) is 0.525. The summed E-state index contributed by atoms with van der Waals surface area (Å²) in [4.78, 5) is 42.2. The van der Waals surface area contributed by atoms with Crippen molar-refractivity contribution in [2.24, 2.45) is 0 Å². The second kappa shape index (κ2) is 6.57. The molecule has 1 atom stereocenters. The molecule has 3 amide bonds. The number of hydrogen-bond acceptors (Lipinski definition) is 3. The fourth-order valence-corrected chi connectivity index (χ4v) is 3.88. The van der Waals surface area contributed by atoms with E-state index in [1.54, 1.807) is 53.4 Å². The van der Waals surface area contributed by atoms with Crippen LogP contribution in [0, 0.1) is 0 Å². The Kier molecular flexibility index (Phi) is 4.24. The molecule has 132 valence electrons. The maximum absolute atomic E-state index is 13.3. The van der Waals surface area contributed by atoms with Crippen LogP contribution in [0.3, 0.4) is 0 Å². The topological polar surface area (TPSA) is 57.7 Å². The second-order valence-corrected chi connectivity index (χ2v) is 6.89. The molecule has 0 saturated carbocycles. The third-order valence-electron chi connectivity index (χ3n) is 4.95. The summed E-state index contributed by atoms with van der Waals surface area (Å²) in [6, 6.07) is 12.8. The van der Waals surface area contributed by atoms with E-state index >= 15 is 0 Å². The third kappa shape index (κ3) is 2.59. The molecule has 26 heavy (non-hydrogen) atoms. The summed E-state index contributed by atoms with van der Waals surface area (Å²) >= 11 is 6.18. The Bertz CT molecular complexity index is 911. The lowest BCUT2D eigenvalue weighted by molar-refractivity contribution is -0.123. The molecule has 2 heterocycles. The number of piperidine rings is 1. The molecule has 0 aliphatic carbocycles. The quantitative estimate of drug-likeness (QED) is 0.723. The van der Waals surface area contributed by atoms with Gasteiger partial charge in [0.15, 0.2) is 0 Å². The minimum Gasteiger partial charge on any atom is -0.327 e. The van der Waals surface area contributed by atoms with Crippen molar-refractivity contribution in [3.8, 4) is 0 Å². The number of amides is 3. The molecule has 0 spiro atoms. The second-order valence-electron chi connectivity index (χ2n) is 6.49. The van der Waals surface area contributed by atoms with Crippen LogP contribution in [0.15, 0.2) is 48.5 Å². The van der Waals surface area contributed by atoms with Gasteiger partial charge in [-0.1, -0.05) is 35.9 Å². The van der Waals surface area contributed by atoms with Crippen molar-refractivity contribution in [2.75, 3.05) is 11.4 Å². The number of imide groups is 1. The Morgan fingerprint density at radius 2 is 1.73 bits per heavy atom. The number of benzene rings is 2. The molecular formula is C20H17ClN2O3. The number of fused-ring (bicyclic) bond motifs is 2. The summed E-state index contributed by atoms with van der Waals surface area (Å²) in [5.74, 6) is -1.07. The molecule has 0 bridgehead atoms. The molecule has 1 saturated heterocycles. The van der Waals surface area contributed by atoms with Crippen LogP contribution >= 0.6 is 11.6 Å². The van der Waals surface area contributed by atoms with E-state index in [-0.39, 0.29) is 22.4 Å². The first-order valence-electron chi connectivity index (χ1n) is 8.62. The predicted octanol–water partition coefficient (Wildman–Crippen LogP) is 3.52. The van der Waals surface area contributed by atoms with E-state index in [2.05, 4.69) is 0 Å². The predicted molar refractivity (Wildman–Crippen MR) is 98.4 cm³/mol. The van der Waals surface area contributed by atoms with Crippen molar-refractivity contribution in [3.63, 3.8) is 0 Å². The third-order valence-corrected chi connectivity index (χ3v) is 5.28. The highest BCUT2D eigenvalue weighted by Crippen LogP contribution is 2.33. The molecular weight excluding hydrogens is 352 g/mol. The minimum atomic E-state index is -0.616. The lowest BCUT2D eigenvalue weighted by atomic mass is 10.0. The van der Waals surface area contributed by atoms with Gasteiger partial charge in [0, 0.05) is 6.54 Å². The van der Waals surface area contributed by atoms with Crippen LogP contribution in [0.2, 0.25) is 5.02 Å². The first-order valence-corrected chi connectivity index (χ1v) is 9.00. The first-order chi connectivity index (χ1) is 12.6. The van der Waals surface area contributed by atoms with Gasteiger partial charge in [0.1, 0.15) is 6.04 Å². The van der Waals surface area contributed by atoms with E-state index in [1.165, 1.54) is 0 Å². The van der Waals surface area contributed by atoms with Gasteiger partial charge in [0.2, 0.25) is 0 Å². The molecule has 2 aromatic carbocycles. The molecule has 0 unspecified atom stereocenters. The normalized spacial score (nSPS) is 19.7. The molecule has 2 aliphatic heterocycles. The highest BCUT2D eigenvalue weighted by molar-refractivity contribution is 6.36. The lowest BCUT2D eigenvalue weighted by Gasteiger charge is -2.34. The average molecular weight is 369 g/mol. The number of rotatable bonds is 1. The van der Waals surface area contributed by atoms with Gasteiger partial charge in [0.25, 0.3) is 17.7 Å². The monoisotopic (exact) mass is 368 g/mol. The van der Waals surface area contributed by atoms with Crippen molar-refractivity contribution in [2.45, 2.75) is 25.3 Å². The Morgan fingerprint density at radius 1 is 1.00 bits per heavy atom. The highest BCUT2D eigenvalue weighted by Gasteiger charge is 2.43. The molecule has 4 rings (SSSR count). The maximum Gasteiger partial charge on any atom is 0.266 e. The van der Waals surface area contributed by atoms with Gasteiger partial charge in [-0.2, -0.15) is 0 Å². The van der Waals surface area contributed by atoms with Crippen LogP contribution in [-0.2, 0) is 4.79 Å². The fourth-order valence-electron chi connectivity index (χ4n) is 3.67. The van der Waals surface area contributed by atoms with Gasteiger partial charge in [-0.3, -0.25) is 14.4 Å². The van der Waals surface area contributed by atoms with Crippen molar-refractivity contribution >= 4 is 35.0 Å². The Morgan fingerprint density at radius 3 is 2.54 bits per heavy atom. The van der Waals surface area contributed by atoms with E-state index < -0.39 is 11.9 Å². The number of para-hydroxylation sites is 1. The average Bonchev–Trinajstić information content (AvgIpc) is 2.76. The number of nitrogens with zero attached hydrogens (tertiary/aromatic N) is 2. The number of carbonyl (C=O) groups excluding carboxylic acids is 3. The number of halogens is 1. The van der Waals surface area contributed by atoms with Crippen molar-refractivity contribution in [1.29, 1.82) is 0 Å². The SMILES string of the molecule is O=C(c1ccccc1Cl)N1C(=O)[C@H]2CCCCN2C(=O)c2ccccc21. The number of hydrogen-bond donors (Lipinski definition) is 0. The van der Waals surface area contributed by atoms with Crippen LogP contribution in [0.5, 0.6) is 0 Å². The summed E-state index contributed by atoms with van der Waals surface area (Å²) < 4.78 is 0. The maximum atomic E-state index is 13.3. The van der Waals surface area contributed by atoms with Gasteiger partial charge >= 0.3 is 0 Å². The van der Waals surface area contributed by atoms with Crippen molar-refractivity contribution in [1.82, 2.24) is 4.90 Å². The Balaban J connectivity index is 1.88. The molecule has 1 fully saturated rings. The van der Waals surface area contributed by atoms with Crippen LogP contribution in [0.1, 0.15) is 40.0 Å². The molecule has 5 nitrogen and oxygen atoms in total. The molecule has 0 aromatic heterocycles. The lowest BCUT2D eigenvalue weighted by Crippen LogP contribution is -2.52. The van der Waals surface area contributed by atoms with Crippen molar-refractivity contribution < 1.29 is 14.4 Å². The molecule has 0 N–H and O–H groups in total. The summed E-state index contributed by atoms with van der Waals surface area (Å²) in [5, 5.41) is 0.277. The van der Waals surface area contributed by atoms with Crippen LogP contribution in [0.25, 0.3) is 0 Å². The smallest absolute Gasteiger partial charge is 0.266 e. The first kappa shape index (κ1) is 16.8. The van der Waals surface area contributed by atoms with E-state index in [0.29, 0.717) is 24.2 Å². The Labute approximate surface area is 156 Å². The standard InChI is InChI=1S/C20H17ClN2O3/c21-15-9-3-1-7-13(15)19(25)23-16-10-4-2-8-14(16)18(24)22-12-6-5-11-17(22)20(23)26/h1-4,7-10,17H,5-6,11-12H2/t17-/m1/s1. The van der Waals surface area contributed by atoms with Gasteiger partial charge in [-0.25, -0.2) is 4.90 Å². The van der Waals surface area contributed by atoms with E-state index in [0.717, 1.165) is 17.7 Å².